The molecule has 1 aromatic rings. The van der Waals surface area contributed by atoms with Crippen molar-refractivity contribution >= 4 is 11.7 Å². The molecular formula is C25H36N4O2. The summed E-state index contributed by atoms with van der Waals surface area (Å²) in [6.45, 7) is 5.60. The third-order valence-corrected chi connectivity index (χ3v) is 7.68. The first-order valence-electron chi connectivity index (χ1n) is 12.3. The number of hydrogen-bond acceptors (Lipinski definition) is 5. The number of rotatable bonds is 5. The van der Waals surface area contributed by atoms with Gasteiger partial charge in [0.1, 0.15) is 0 Å². The van der Waals surface area contributed by atoms with E-state index in [-0.39, 0.29) is 17.9 Å². The van der Waals surface area contributed by atoms with Crippen LogP contribution in [0.3, 0.4) is 0 Å². The van der Waals surface area contributed by atoms with Crippen LogP contribution in [0.2, 0.25) is 0 Å². The highest BCUT2D eigenvalue weighted by Crippen LogP contribution is 2.31. The van der Waals surface area contributed by atoms with E-state index in [4.69, 9.17) is 4.84 Å². The number of nitrogens with one attached hydrogen (secondary N) is 1. The molecule has 168 valence electrons. The standard InChI is InChI=1S/C25H36N4O2/c30-25(26-15-19-7-3-1-4-8-19)21-11-13-29(14-12-21)24-22-17-28(18-23(22)31-27-24)16-20-9-5-2-6-10-20/h2,5-6,9-10,19,21-23H,1,3-4,7-8,11-18H2,(H,26,30)/t22-,23+/m0/s1. The van der Waals surface area contributed by atoms with E-state index < -0.39 is 0 Å². The van der Waals surface area contributed by atoms with Gasteiger partial charge in [-0.2, -0.15) is 0 Å². The Balaban J connectivity index is 1.08. The molecule has 1 saturated carbocycles. The number of nitrogens with zero attached hydrogens (tertiary/aromatic N) is 3. The van der Waals surface area contributed by atoms with Crippen molar-refractivity contribution in [3.63, 3.8) is 0 Å². The molecule has 5 rings (SSSR count). The van der Waals surface area contributed by atoms with Crippen LogP contribution in [0.25, 0.3) is 0 Å². The molecule has 0 radical (unpaired) electrons. The summed E-state index contributed by atoms with van der Waals surface area (Å²) in [5.74, 6) is 2.59. The maximum atomic E-state index is 12.7. The van der Waals surface area contributed by atoms with Gasteiger partial charge >= 0.3 is 0 Å². The van der Waals surface area contributed by atoms with Crippen LogP contribution < -0.4 is 5.32 Å². The molecule has 2 saturated heterocycles. The smallest absolute Gasteiger partial charge is 0.223 e. The highest BCUT2D eigenvalue weighted by atomic mass is 16.6. The van der Waals surface area contributed by atoms with Gasteiger partial charge in [-0.25, -0.2) is 0 Å². The van der Waals surface area contributed by atoms with Crippen LogP contribution in [0.1, 0.15) is 50.5 Å². The summed E-state index contributed by atoms with van der Waals surface area (Å²) in [4.78, 5) is 23.3. The minimum atomic E-state index is 0.150. The van der Waals surface area contributed by atoms with Gasteiger partial charge in [0.2, 0.25) is 5.91 Å². The number of carbonyl (C=O) groups is 1. The zero-order valence-electron chi connectivity index (χ0n) is 18.5. The van der Waals surface area contributed by atoms with Crippen molar-refractivity contribution in [2.45, 2.75) is 57.6 Å². The number of carbonyl (C=O) groups excluding carboxylic acids is 1. The first-order chi connectivity index (χ1) is 15.3. The molecule has 1 aliphatic carbocycles. The van der Waals surface area contributed by atoms with Gasteiger partial charge in [-0.05, 0) is 37.2 Å². The number of amides is 1. The van der Waals surface area contributed by atoms with Crippen molar-refractivity contribution in [2.24, 2.45) is 22.9 Å². The molecule has 0 aromatic heterocycles. The van der Waals surface area contributed by atoms with Crippen molar-refractivity contribution in [1.29, 1.82) is 0 Å². The van der Waals surface area contributed by atoms with E-state index in [0.29, 0.717) is 11.8 Å². The summed E-state index contributed by atoms with van der Waals surface area (Å²) < 4.78 is 0. The average molecular weight is 425 g/mol. The Morgan fingerprint density at radius 3 is 2.58 bits per heavy atom. The van der Waals surface area contributed by atoms with Crippen molar-refractivity contribution in [1.82, 2.24) is 15.1 Å². The van der Waals surface area contributed by atoms with Gasteiger partial charge in [0.25, 0.3) is 0 Å². The number of piperidine rings is 1. The van der Waals surface area contributed by atoms with Crippen LogP contribution in [-0.2, 0) is 16.2 Å². The Hall–Kier alpha value is -2.08. The Kier molecular flexibility index (Phi) is 6.44. The molecule has 3 fully saturated rings. The molecular weight excluding hydrogens is 388 g/mol. The fourth-order valence-electron chi connectivity index (χ4n) is 5.81. The topological polar surface area (TPSA) is 57.2 Å². The molecule has 0 bridgehead atoms. The Labute approximate surface area is 186 Å². The lowest BCUT2D eigenvalue weighted by Gasteiger charge is -2.34. The molecule has 1 amide bonds. The Bertz CT molecular complexity index is 769. The lowest BCUT2D eigenvalue weighted by Crippen LogP contribution is -2.46. The molecule has 3 heterocycles. The molecule has 6 nitrogen and oxygen atoms in total. The maximum Gasteiger partial charge on any atom is 0.223 e. The van der Waals surface area contributed by atoms with E-state index in [0.717, 1.165) is 57.9 Å². The number of benzene rings is 1. The summed E-state index contributed by atoms with van der Waals surface area (Å²) >= 11 is 0. The fourth-order valence-corrected chi connectivity index (χ4v) is 5.81. The average Bonchev–Trinajstić information content (AvgIpc) is 3.39. The summed E-state index contributed by atoms with van der Waals surface area (Å²) in [5, 5.41) is 7.72. The zero-order valence-corrected chi connectivity index (χ0v) is 18.5. The third kappa shape index (κ3) is 4.89. The predicted octanol–water partition coefficient (Wildman–Crippen LogP) is 3.24. The molecule has 1 aromatic carbocycles. The minimum Gasteiger partial charge on any atom is -0.389 e. The predicted molar refractivity (Wildman–Crippen MR) is 121 cm³/mol. The molecule has 2 atom stereocenters. The lowest BCUT2D eigenvalue weighted by molar-refractivity contribution is -0.126. The minimum absolute atomic E-state index is 0.150. The van der Waals surface area contributed by atoms with Crippen LogP contribution in [-0.4, -0.2) is 60.4 Å². The van der Waals surface area contributed by atoms with Gasteiger partial charge in [-0.3, -0.25) is 9.69 Å². The Morgan fingerprint density at radius 1 is 1.03 bits per heavy atom. The van der Waals surface area contributed by atoms with Crippen LogP contribution in [0.4, 0.5) is 0 Å². The van der Waals surface area contributed by atoms with Crippen LogP contribution in [0.15, 0.2) is 35.5 Å². The molecule has 4 aliphatic rings. The largest absolute Gasteiger partial charge is 0.389 e. The van der Waals surface area contributed by atoms with Crippen molar-refractivity contribution in [2.75, 3.05) is 32.7 Å². The first-order valence-corrected chi connectivity index (χ1v) is 12.3. The van der Waals surface area contributed by atoms with Gasteiger partial charge in [0.05, 0.1) is 5.92 Å². The van der Waals surface area contributed by atoms with E-state index in [2.05, 4.69) is 50.6 Å². The SMILES string of the molecule is O=C(NCC1CCCCC1)C1CCN(C2=NO[C@@H]3CN(Cc4ccccc4)C[C@H]23)CC1. The van der Waals surface area contributed by atoms with Crippen LogP contribution >= 0.6 is 0 Å². The summed E-state index contributed by atoms with van der Waals surface area (Å²) in [7, 11) is 0. The Morgan fingerprint density at radius 2 is 1.81 bits per heavy atom. The van der Waals surface area contributed by atoms with Gasteiger partial charge in [0, 0.05) is 45.2 Å². The molecule has 0 spiro atoms. The number of hydrogen-bond donors (Lipinski definition) is 1. The van der Waals surface area contributed by atoms with Gasteiger partial charge in [0.15, 0.2) is 11.9 Å². The summed E-state index contributed by atoms with van der Waals surface area (Å²) in [6, 6.07) is 10.6. The zero-order chi connectivity index (χ0) is 21.0. The van der Waals surface area contributed by atoms with Gasteiger partial charge < -0.3 is 15.1 Å². The highest BCUT2D eigenvalue weighted by Gasteiger charge is 2.44. The summed E-state index contributed by atoms with van der Waals surface area (Å²) in [6.07, 6.45) is 8.59. The molecule has 31 heavy (non-hydrogen) atoms. The van der Waals surface area contributed by atoms with Crippen LogP contribution in [0, 0.1) is 17.8 Å². The molecule has 6 heteroatoms. The lowest BCUT2D eigenvalue weighted by atomic mass is 9.89. The van der Waals surface area contributed by atoms with Crippen molar-refractivity contribution in [3.05, 3.63) is 35.9 Å². The fraction of sp³-hybridized carbons (Fsp3) is 0.680. The second-order valence-corrected chi connectivity index (χ2v) is 9.89. The maximum absolute atomic E-state index is 12.7. The summed E-state index contributed by atoms with van der Waals surface area (Å²) in [5.41, 5.74) is 1.35. The first kappa shape index (κ1) is 20.8. The van der Waals surface area contributed by atoms with Crippen molar-refractivity contribution < 1.29 is 9.63 Å². The molecule has 0 unspecified atom stereocenters. The third-order valence-electron chi connectivity index (χ3n) is 7.68. The van der Waals surface area contributed by atoms with E-state index in [9.17, 15) is 4.79 Å². The monoisotopic (exact) mass is 424 g/mol. The second-order valence-electron chi connectivity index (χ2n) is 9.89. The highest BCUT2D eigenvalue weighted by molar-refractivity contribution is 5.87. The number of oxime groups is 1. The van der Waals surface area contributed by atoms with Gasteiger partial charge in [-0.1, -0.05) is 54.8 Å². The van der Waals surface area contributed by atoms with Crippen LogP contribution in [0.5, 0.6) is 0 Å². The molecule has 3 aliphatic heterocycles. The molecule has 1 N–H and O–H groups in total. The normalized spacial score (nSPS) is 27.6. The quantitative estimate of drug-likeness (QED) is 0.788. The number of likely N-dealkylation sites (tertiary alicyclic amines) is 2. The van der Waals surface area contributed by atoms with E-state index in [1.54, 1.807) is 0 Å². The second kappa shape index (κ2) is 9.60. The van der Waals surface area contributed by atoms with Crippen molar-refractivity contribution in [3.8, 4) is 0 Å². The van der Waals surface area contributed by atoms with E-state index >= 15 is 0 Å². The van der Waals surface area contributed by atoms with Gasteiger partial charge in [-0.15, -0.1) is 0 Å². The van der Waals surface area contributed by atoms with E-state index in [1.807, 2.05) is 0 Å². The number of amidine groups is 1. The number of fused-ring (bicyclic) bond motifs is 1. The van der Waals surface area contributed by atoms with E-state index in [1.165, 1.54) is 37.7 Å².